The second-order valence-corrected chi connectivity index (χ2v) is 5.36. The number of rotatable bonds is 3. The molecule has 1 aliphatic carbocycles. The van der Waals surface area contributed by atoms with Gasteiger partial charge in [0.15, 0.2) is 0 Å². The standard InChI is InChI=1S/C14H21NO/c1-10(14(2,3)16)15-13-8-7-11-5-4-6-12(11)9-13/h7-10,15-16H,4-6H2,1-3H3. The van der Waals surface area contributed by atoms with Crippen LogP contribution >= 0.6 is 0 Å². The molecule has 0 bridgehead atoms. The monoisotopic (exact) mass is 219 g/mol. The van der Waals surface area contributed by atoms with Gasteiger partial charge in [-0.2, -0.15) is 0 Å². The summed E-state index contributed by atoms with van der Waals surface area (Å²) in [7, 11) is 0. The average Bonchev–Trinajstić information content (AvgIpc) is 2.63. The van der Waals surface area contributed by atoms with E-state index in [4.69, 9.17) is 0 Å². The number of fused-ring (bicyclic) bond motifs is 1. The topological polar surface area (TPSA) is 32.3 Å². The fraction of sp³-hybridized carbons (Fsp3) is 0.571. The molecule has 0 aliphatic heterocycles. The third-order valence-corrected chi connectivity index (χ3v) is 3.54. The van der Waals surface area contributed by atoms with E-state index in [-0.39, 0.29) is 6.04 Å². The van der Waals surface area contributed by atoms with Gasteiger partial charge < -0.3 is 10.4 Å². The number of hydrogen-bond acceptors (Lipinski definition) is 2. The molecular weight excluding hydrogens is 198 g/mol. The Morgan fingerprint density at radius 2 is 1.94 bits per heavy atom. The van der Waals surface area contributed by atoms with Crippen molar-refractivity contribution in [1.29, 1.82) is 0 Å². The molecule has 0 amide bonds. The van der Waals surface area contributed by atoms with Crippen LogP contribution in [0.15, 0.2) is 18.2 Å². The summed E-state index contributed by atoms with van der Waals surface area (Å²) in [5.41, 5.74) is 3.38. The third kappa shape index (κ3) is 2.38. The van der Waals surface area contributed by atoms with Crippen LogP contribution in [0.4, 0.5) is 5.69 Å². The summed E-state index contributed by atoms with van der Waals surface area (Å²) in [6.07, 6.45) is 3.69. The van der Waals surface area contributed by atoms with E-state index in [0.29, 0.717) is 0 Å². The molecule has 0 spiro atoms. The van der Waals surface area contributed by atoms with Gasteiger partial charge in [0.2, 0.25) is 0 Å². The molecule has 16 heavy (non-hydrogen) atoms. The molecule has 0 saturated carbocycles. The fourth-order valence-electron chi connectivity index (χ4n) is 2.09. The van der Waals surface area contributed by atoms with Gasteiger partial charge in [0.25, 0.3) is 0 Å². The Bertz CT molecular complexity index is 379. The molecule has 1 atom stereocenters. The maximum Gasteiger partial charge on any atom is 0.0789 e. The molecule has 2 heteroatoms. The Morgan fingerprint density at radius 3 is 2.62 bits per heavy atom. The van der Waals surface area contributed by atoms with Crippen LogP contribution in [0.2, 0.25) is 0 Å². The second kappa shape index (κ2) is 4.10. The Balaban J connectivity index is 2.11. The average molecular weight is 219 g/mol. The SMILES string of the molecule is CC(Nc1ccc2c(c1)CCC2)C(C)(C)O. The maximum absolute atomic E-state index is 9.88. The van der Waals surface area contributed by atoms with Crippen molar-refractivity contribution in [2.24, 2.45) is 0 Å². The van der Waals surface area contributed by atoms with Crippen molar-refractivity contribution in [3.8, 4) is 0 Å². The third-order valence-electron chi connectivity index (χ3n) is 3.54. The maximum atomic E-state index is 9.88. The smallest absolute Gasteiger partial charge is 0.0789 e. The van der Waals surface area contributed by atoms with E-state index in [0.717, 1.165) is 5.69 Å². The molecule has 1 aromatic carbocycles. The first-order valence-corrected chi connectivity index (χ1v) is 6.07. The van der Waals surface area contributed by atoms with Crippen molar-refractivity contribution in [3.05, 3.63) is 29.3 Å². The largest absolute Gasteiger partial charge is 0.388 e. The lowest BCUT2D eigenvalue weighted by Crippen LogP contribution is -2.39. The Labute approximate surface area is 97.7 Å². The Kier molecular flexibility index (Phi) is 2.94. The molecule has 1 aliphatic rings. The molecule has 0 heterocycles. The van der Waals surface area contributed by atoms with Gasteiger partial charge in [0.1, 0.15) is 0 Å². The molecule has 0 saturated heterocycles. The minimum atomic E-state index is -0.695. The zero-order valence-electron chi connectivity index (χ0n) is 10.4. The van der Waals surface area contributed by atoms with E-state index in [2.05, 4.69) is 23.5 Å². The van der Waals surface area contributed by atoms with Crippen LogP contribution in [0.1, 0.15) is 38.3 Å². The highest BCUT2D eigenvalue weighted by molar-refractivity contribution is 5.50. The zero-order valence-corrected chi connectivity index (χ0v) is 10.4. The van der Waals surface area contributed by atoms with Crippen LogP contribution in [-0.4, -0.2) is 16.7 Å². The number of aliphatic hydroxyl groups is 1. The van der Waals surface area contributed by atoms with Crippen molar-refractivity contribution >= 4 is 5.69 Å². The number of nitrogens with one attached hydrogen (secondary N) is 1. The highest BCUT2D eigenvalue weighted by Crippen LogP contribution is 2.26. The number of benzene rings is 1. The first-order chi connectivity index (χ1) is 7.47. The van der Waals surface area contributed by atoms with E-state index in [9.17, 15) is 5.11 Å². The van der Waals surface area contributed by atoms with Crippen molar-refractivity contribution < 1.29 is 5.11 Å². The summed E-state index contributed by atoms with van der Waals surface area (Å²) in [5.74, 6) is 0. The molecule has 0 radical (unpaired) electrons. The quantitative estimate of drug-likeness (QED) is 0.819. The lowest BCUT2D eigenvalue weighted by atomic mass is 10.00. The lowest BCUT2D eigenvalue weighted by Gasteiger charge is -2.27. The van der Waals surface area contributed by atoms with Crippen molar-refractivity contribution in [2.75, 3.05) is 5.32 Å². The van der Waals surface area contributed by atoms with E-state index in [1.807, 2.05) is 20.8 Å². The molecule has 88 valence electrons. The van der Waals surface area contributed by atoms with E-state index >= 15 is 0 Å². The van der Waals surface area contributed by atoms with Gasteiger partial charge in [-0.15, -0.1) is 0 Å². The van der Waals surface area contributed by atoms with Gasteiger partial charge in [-0.25, -0.2) is 0 Å². The predicted molar refractivity (Wildman–Crippen MR) is 67.8 cm³/mol. The fourth-order valence-corrected chi connectivity index (χ4v) is 2.09. The van der Waals surface area contributed by atoms with Crippen LogP contribution in [-0.2, 0) is 12.8 Å². The normalized spacial score (nSPS) is 17.0. The number of hydrogen-bond donors (Lipinski definition) is 2. The zero-order chi connectivity index (χ0) is 11.8. The van der Waals surface area contributed by atoms with Gasteiger partial charge in [-0.3, -0.25) is 0 Å². The Morgan fingerprint density at radius 1 is 1.25 bits per heavy atom. The number of aryl methyl sites for hydroxylation is 2. The van der Waals surface area contributed by atoms with Crippen LogP contribution in [0, 0.1) is 0 Å². The second-order valence-electron chi connectivity index (χ2n) is 5.36. The van der Waals surface area contributed by atoms with Gasteiger partial charge in [-0.05, 0) is 63.3 Å². The molecule has 2 rings (SSSR count). The summed E-state index contributed by atoms with van der Waals surface area (Å²) < 4.78 is 0. The van der Waals surface area contributed by atoms with Crippen LogP contribution < -0.4 is 5.32 Å². The van der Waals surface area contributed by atoms with Gasteiger partial charge in [0, 0.05) is 5.69 Å². The molecule has 2 nitrogen and oxygen atoms in total. The highest BCUT2D eigenvalue weighted by atomic mass is 16.3. The lowest BCUT2D eigenvalue weighted by molar-refractivity contribution is 0.0649. The summed E-state index contributed by atoms with van der Waals surface area (Å²) in [6, 6.07) is 6.60. The van der Waals surface area contributed by atoms with Crippen molar-refractivity contribution in [3.63, 3.8) is 0 Å². The summed E-state index contributed by atoms with van der Waals surface area (Å²) in [6.45, 7) is 5.67. The van der Waals surface area contributed by atoms with Crippen LogP contribution in [0.3, 0.4) is 0 Å². The minimum Gasteiger partial charge on any atom is -0.388 e. The van der Waals surface area contributed by atoms with E-state index < -0.39 is 5.60 Å². The molecule has 0 aromatic heterocycles. The summed E-state index contributed by atoms with van der Waals surface area (Å²) in [5, 5.41) is 13.2. The van der Waals surface area contributed by atoms with Gasteiger partial charge >= 0.3 is 0 Å². The Hall–Kier alpha value is -1.02. The molecule has 1 unspecified atom stereocenters. The molecule has 2 N–H and O–H groups in total. The van der Waals surface area contributed by atoms with Crippen LogP contribution in [0.5, 0.6) is 0 Å². The van der Waals surface area contributed by atoms with Crippen molar-refractivity contribution in [2.45, 2.75) is 51.7 Å². The van der Waals surface area contributed by atoms with E-state index in [1.165, 1.54) is 30.4 Å². The summed E-state index contributed by atoms with van der Waals surface area (Å²) >= 11 is 0. The molecule has 0 fully saturated rings. The van der Waals surface area contributed by atoms with Crippen LogP contribution in [0.25, 0.3) is 0 Å². The highest BCUT2D eigenvalue weighted by Gasteiger charge is 2.22. The molecule has 1 aromatic rings. The first kappa shape index (κ1) is 11.5. The van der Waals surface area contributed by atoms with E-state index in [1.54, 1.807) is 0 Å². The number of anilines is 1. The summed E-state index contributed by atoms with van der Waals surface area (Å²) in [4.78, 5) is 0. The van der Waals surface area contributed by atoms with Crippen molar-refractivity contribution in [1.82, 2.24) is 0 Å². The first-order valence-electron chi connectivity index (χ1n) is 6.07. The van der Waals surface area contributed by atoms with Gasteiger partial charge in [-0.1, -0.05) is 6.07 Å². The van der Waals surface area contributed by atoms with Gasteiger partial charge in [0.05, 0.1) is 11.6 Å². The molecular formula is C14H21NO. The minimum absolute atomic E-state index is 0.0481. The predicted octanol–water partition coefficient (Wildman–Crippen LogP) is 2.75.